The van der Waals surface area contributed by atoms with Crippen molar-refractivity contribution in [1.82, 2.24) is 0 Å². The molecule has 0 spiro atoms. The highest BCUT2D eigenvalue weighted by molar-refractivity contribution is 5.71. The topological polar surface area (TPSA) is 78.9 Å². The average Bonchev–Trinajstić information content (AvgIpc) is 3.45. The number of rotatable bonds is 55. The number of carbonyl (C=O) groups is 3. The van der Waals surface area contributed by atoms with Crippen LogP contribution in [0.1, 0.15) is 252 Å². The molecule has 0 aromatic rings. The first-order valence-electron chi connectivity index (χ1n) is 31.6. The lowest BCUT2D eigenvalue weighted by Gasteiger charge is -2.18. The number of carbonyl (C=O) groups excluding carboxylic acids is 3. The fourth-order valence-electron chi connectivity index (χ4n) is 8.01. The molecule has 0 heterocycles. The highest BCUT2D eigenvalue weighted by Crippen LogP contribution is 2.13. The number of unbranched alkanes of at least 4 members (excludes halogenated alkanes) is 16. The minimum atomic E-state index is -0.823. The van der Waals surface area contributed by atoms with Gasteiger partial charge in [-0.05, 0) is 154 Å². The van der Waals surface area contributed by atoms with Gasteiger partial charge in [0.1, 0.15) is 13.2 Å². The Morgan fingerprint density at radius 1 is 0.266 bits per heavy atom. The molecule has 0 aliphatic rings. The molecule has 6 heteroatoms. The second kappa shape index (κ2) is 65.3. The Bertz CT molecular complexity index is 1820. The molecule has 1 atom stereocenters. The molecule has 0 fully saturated rings. The first kappa shape index (κ1) is 73.8. The van der Waals surface area contributed by atoms with Crippen LogP contribution >= 0.6 is 0 Å². The second-order valence-electron chi connectivity index (χ2n) is 20.2. The van der Waals surface area contributed by atoms with Crippen molar-refractivity contribution in [1.29, 1.82) is 0 Å². The quantitative estimate of drug-likeness (QED) is 0.0261. The maximum absolute atomic E-state index is 12.9. The van der Waals surface area contributed by atoms with E-state index in [-0.39, 0.29) is 44.0 Å². The molecule has 0 radical (unpaired) electrons. The van der Waals surface area contributed by atoms with Crippen molar-refractivity contribution in [2.75, 3.05) is 13.2 Å². The number of ether oxygens (including phenoxy) is 3. The van der Waals surface area contributed by atoms with Crippen LogP contribution in [0.15, 0.2) is 170 Å². The van der Waals surface area contributed by atoms with E-state index in [1.165, 1.54) is 51.4 Å². The Hall–Kier alpha value is -5.23. The average molecular weight is 1090 g/mol. The second-order valence-corrected chi connectivity index (χ2v) is 20.2. The molecule has 0 aliphatic heterocycles. The predicted octanol–water partition coefficient (Wildman–Crippen LogP) is 21.9. The summed E-state index contributed by atoms with van der Waals surface area (Å²) in [6, 6.07) is 0. The van der Waals surface area contributed by atoms with Crippen LogP contribution in [-0.2, 0) is 28.6 Å². The van der Waals surface area contributed by atoms with E-state index in [2.05, 4.69) is 191 Å². The zero-order chi connectivity index (χ0) is 57.1. The van der Waals surface area contributed by atoms with Gasteiger partial charge in [-0.1, -0.05) is 249 Å². The molecule has 79 heavy (non-hydrogen) atoms. The van der Waals surface area contributed by atoms with Gasteiger partial charge in [0.25, 0.3) is 0 Å². The van der Waals surface area contributed by atoms with E-state index < -0.39 is 6.10 Å². The molecule has 0 amide bonds. The molecular weight excluding hydrogens is 973 g/mol. The van der Waals surface area contributed by atoms with Crippen LogP contribution in [0.25, 0.3) is 0 Å². The lowest BCUT2D eigenvalue weighted by molar-refractivity contribution is -0.167. The largest absolute Gasteiger partial charge is 0.462 e. The van der Waals surface area contributed by atoms with Crippen molar-refractivity contribution < 1.29 is 28.6 Å². The van der Waals surface area contributed by atoms with Crippen molar-refractivity contribution in [2.24, 2.45) is 0 Å². The smallest absolute Gasteiger partial charge is 0.306 e. The Morgan fingerprint density at radius 3 is 0.797 bits per heavy atom. The first-order chi connectivity index (χ1) is 39.0. The molecule has 0 saturated heterocycles. The van der Waals surface area contributed by atoms with Crippen molar-refractivity contribution in [3.05, 3.63) is 170 Å². The standard InChI is InChI=1S/C73H114O6/c1-4-7-10-13-16-19-22-25-28-31-32-33-34-35-36-37-38-39-40-43-45-48-51-54-57-60-63-66-72(75)78-69-70(79-73(76)67-64-61-58-55-52-49-46-42-30-27-24-21-18-15-12-9-6-3)68-77-71(74)65-62-59-56-53-50-47-44-41-29-26-23-20-17-14-11-8-5-2/h7,9-10,12,16-21,25-30,32-33,35-36,38-39,43,45-46,49,51,54,70H,4-6,8,11,13-15,22-24,31,34,37,40-42,44,47-48,50,52-53,55-69H2,1-3H3/b10-7-,12-9-,19-16-,20-17-,21-18-,28-25-,29-26-,30-27-,33-32-,36-35-,39-38-,45-43-,49-46-,54-51-. The minimum Gasteiger partial charge on any atom is -0.462 e. The molecular formula is C73H114O6. The molecule has 0 N–H and O–H groups in total. The molecule has 0 saturated carbocycles. The molecule has 0 aromatic carbocycles. The highest BCUT2D eigenvalue weighted by Gasteiger charge is 2.19. The maximum Gasteiger partial charge on any atom is 0.306 e. The van der Waals surface area contributed by atoms with Crippen LogP contribution in [-0.4, -0.2) is 37.2 Å². The lowest BCUT2D eigenvalue weighted by Crippen LogP contribution is -2.30. The van der Waals surface area contributed by atoms with Crippen molar-refractivity contribution in [3.63, 3.8) is 0 Å². The Balaban J connectivity index is 4.53. The summed E-state index contributed by atoms with van der Waals surface area (Å²) in [5.41, 5.74) is 0. The van der Waals surface area contributed by atoms with Gasteiger partial charge in [-0.15, -0.1) is 0 Å². The Morgan fingerprint density at radius 2 is 0.494 bits per heavy atom. The fraction of sp³-hybridized carbons (Fsp3) is 0.575. The molecule has 0 bridgehead atoms. The zero-order valence-electron chi connectivity index (χ0n) is 50.6. The summed E-state index contributed by atoms with van der Waals surface area (Å²) >= 11 is 0. The number of hydrogen-bond donors (Lipinski definition) is 0. The van der Waals surface area contributed by atoms with Gasteiger partial charge in [-0.3, -0.25) is 14.4 Å². The zero-order valence-corrected chi connectivity index (χ0v) is 50.6. The van der Waals surface area contributed by atoms with Gasteiger partial charge >= 0.3 is 17.9 Å². The predicted molar refractivity (Wildman–Crippen MR) is 343 cm³/mol. The molecule has 6 nitrogen and oxygen atoms in total. The molecule has 442 valence electrons. The number of hydrogen-bond acceptors (Lipinski definition) is 6. The van der Waals surface area contributed by atoms with Gasteiger partial charge in [0, 0.05) is 19.3 Å². The Kier molecular flexibility index (Phi) is 61.0. The van der Waals surface area contributed by atoms with E-state index in [0.29, 0.717) is 12.8 Å². The SMILES string of the molecule is CC/C=C\C/C=C\C/C=C\C/C=C\C/C=C\C/C=C\C/C=C\C/C=C\CCCCC(=O)OCC(COC(=O)CCCCCCCCC/C=C\C/C=C\CCCCC)OC(=O)CCCCCC/C=C\C/C=C\C/C=C\C/C=C\CC. The minimum absolute atomic E-state index is 0.114. The molecule has 1 unspecified atom stereocenters. The third-order valence-corrected chi connectivity index (χ3v) is 12.7. The molecule has 0 rings (SSSR count). The van der Waals surface area contributed by atoms with Crippen LogP contribution < -0.4 is 0 Å². The summed E-state index contributed by atoms with van der Waals surface area (Å²) in [6.07, 6.45) is 96.3. The fourth-order valence-corrected chi connectivity index (χ4v) is 8.01. The van der Waals surface area contributed by atoms with Crippen molar-refractivity contribution in [3.8, 4) is 0 Å². The summed E-state index contributed by atoms with van der Waals surface area (Å²) < 4.78 is 16.9. The van der Waals surface area contributed by atoms with Crippen LogP contribution in [0.5, 0.6) is 0 Å². The van der Waals surface area contributed by atoms with Crippen molar-refractivity contribution in [2.45, 2.75) is 258 Å². The van der Waals surface area contributed by atoms with Gasteiger partial charge in [-0.25, -0.2) is 0 Å². The first-order valence-corrected chi connectivity index (χ1v) is 31.6. The van der Waals surface area contributed by atoms with Gasteiger partial charge in [-0.2, -0.15) is 0 Å². The monoisotopic (exact) mass is 1090 g/mol. The summed E-state index contributed by atoms with van der Waals surface area (Å²) in [5, 5.41) is 0. The molecule has 0 aromatic heterocycles. The van der Waals surface area contributed by atoms with Crippen molar-refractivity contribution >= 4 is 17.9 Å². The number of allylic oxidation sites excluding steroid dienone is 28. The summed E-state index contributed by atoms with van der Waals surface area (Å²) in [7, 11) is 0. The van der Waals surface area contributed by atoms with E-state index in [9.17, 15) is 14.4 Å². The molecule has 0 aliphatic carbocycles. The third-order valence-electron chi connectivity index (χ3n) is 12.7. The summed E-state index contributed by atoms with van der Waals surface area (Å²) in [5.74, 6) is -0.997. The van der Waals surface area contributed by atoms with Gasteiger partial charge in [0.05, 0.1) is 0 Å². The number of esters is 3. The third kappa shape index (κ3) is 63.5. The van der Waals surface area contributed by atoms with Gasteiger partial charge < -0.3 is 14.2 Å². The van der Waals surface area contributed by atoms with E-state index >= 15 is 0 Å². The summed E-state index contributed by atoms with van der Waals surface area (Å²) in [4.78, 5) is 38.3. The highest BCUT2D eigenvalue weighted by atomic mass is 16.6. The summed E-state index contributed by atoms with van der Waals surface area (Å²) in [6.45, 7) is 6.32. The van der Waals surface area contributed by atoms with E-state index in [4.69, 9.17) is 14.2 Å². The Labute approximate surface area is 485 Å². The maximum atomic E-state index is 12.9. The van der Waals surface area contributed by atoms with E-state index in [0.717, 1.165) is 154 Å². The normalized spacial score (nSPS) is 13.3. The van der Waals surface area contributed by atoms with Crippen LogP contribution in [0.4, 0.5) is 0 Å². The van der Waals surface area contributed by atoms with Crippen LogP contribution in [0, 0.1) is 0 Å². The van der Waals surface area contributed by atoms with Crippen LogP contribution in [0.3, 0.4) is 0 Å². The van der Waals surface area contributed by atoms with E-state index in [1.54, 1.807) is 0 Å². The van der Waals surface area contributed by atoms with E-state index in [1.807, 2.05) is 0 Å². The van der Waals surface area contributed by atoms with Gasteiger partial charge in [0.2, 0.25) is 0 Å². The van der Waals surface area contributed by atoms with Gasteiger partial charge in [0.15, 0.2) is 6.10 Å². The van der Waals surface area contributed by atoms with Crippen LogP contribution in [0.2, 0.25) is 0 Å². The lowest BCUT2D eigenvalue weighted by atomic mass is 10.1.